The molecule has 0 spiro atoms. The number of hydrogen-bond donors (Lipinski definition) is 0. The highest BCUT2D eigenvalue weighted by molar-refractivity contribution is 6.02. The molecule has 0 aromatic heterocycles. The molecule has 2 aliphatic heterocycles. The van der Waals surface area contributed by atoms with Crippen molar-refractivity contribution in [2.75, 3.05) is 13.6 Å². The van der Waals surface area contributed by atoms with Crippen molar-refractivity contribution >= 4 is 47.9 Å². The quantitative estimate of drug-likeness (QED) is 0.235. The van der Waals surface area contributed by atoms with Gasteiger partial charge >= 0.3 is 24.2 Å². The normalized spacial score (nSPS) is 15.5. The van der Waals surface area contributed by atoms with Gasteiger partial charge in [0.2, 0.25) is 13.6 Å². The Morgan fingerprint density at radius 1 is 0.562 bits per heavy atom. The zero-order valence-electron chi connectivity index (χ0n) is 16.3. The molecule has 0 radical (unpaired) electrons. The summed E-state index contributed by atoms with van der Waals surface area (Å²) in [5, 5.41) is 0.470. The summed E-state index contributed by atoms with van der Waals surface area (Å²) in [4.78, 5) is 99.2. The van der Waals surface area contributed by atoms with Crippen molar-refractivity contribution < 1.29 is 67.0 Å². The number of esters is 2. The lowest BCUT2D eigenvalue weighted by Gasteiger charge is -2.12. The minimum atomic E-state index is -1.46. The predicted octanol–water partition coefficient (Wildman–Crippen LogP) is -0.798. The molecule has 16 nitrogen and oxygen atoms in total. The highest BCUT2D eigenvalue weighted by Gasteiger charge is 2.34. The molecule has 4 amide bonds. The monoisotopic (exact) mass is 460 g/mol. The largest absolute Gasteiger partial charge is 0.536 e. The molecule has 0 aliphatic carbocycles. The van der Waals surface area contributed by atoms with Gasteiger partial charge in [-0.2, -0.15) is 0 Å². The van der Waals surface area contributed by atoms with Crippen LogP contribution in [0.3, 0.4) is 0 Å². The third kappa shape index (κ3) is 7.22. The van der Waals surface area contributed by atoms with Gasteiger partial charge in [-0.15, -0.1) is 0 Å². The molecule has 2 aliphatic rings. The van der Waals surface area contributed by atoms with E-state index in [2.05, 4.69) is 28.6 Å². The molecule has 0 aromatic rings. The first-order chi connectivity index (χ1) is 15.2. The molecule has 0 bridgehead atoms. The fraction of sp³-hybridized carbons (Fsp3) is 0.500. The molecule has 16 heteroatoms. The van der Waals surface area contributed by atoms with Crippen molar-refractivity contribution in [2.24, 2.45) is 0 Å². The van der Waals surface area contributed by atoms with E-state index in [-0.39, 0.29) is 35.8 Å². The molecule has 174 valence electrons. The molecule has 0 N–H and O–H groups in total. The minimum absolute atomic E-state index is 0.110. The summed E-state index contributed by atoms with van der Waals surface area (Å²) < 4.78 is 17.7. The van der Waals surface area contributed by atoms with Crippen LogP contribution < -0.4 is 0 Å². The van der Waals surface area contributed by atoms with Gasteiger partial charge < -0.3 is 18.9 Å². The average Bonchev–Trinajstić information content (AvgIpc) is 3.22. The number of hydroxylamine groups is 4. The molecule has 0 atom stereocenters. The summed E-state index contributed by atoms with van der Waals surface area (Å²) in [6, 6.07) is 0. The zero-order chi connectivity index (χ0) is 23.7. The Labute approximate surface area is 178 Å². The number of carbonyl (C=O) groups excluding carboxylic acids is 8. The summed E-state index contributed by atoms with van der Waals surface area (Å²) in [5.41, 5.74) is 0. The van der Waals surface area contributed by atoms with Gasteiger partial charge in [-0.3, -0.25) is 38.4 Å². The Bertz CT molecular complexity index is 737. The third-order valence-corrected chi connectivity index (χ3v) is 3.67. The highest BCUT2D eigenvalue weighted by atomic mass is 16.9. The van der Waals surface area contributed by atoms with Gasteiger partial charge in [0.05, 0.1) is 12.8 Å². The molecule has 2 heterocycles. The number of hydrogen-bond acceptors (Lipinski definition) is 14. The first-order valence-electron chi connectivity index (χ1n) is 8.89. The van der Waals surface area contributed by atoms with Crippen LogP contribution in [0.5, 0.6) is 0 Å². The third-order valence-electron chi connectivity index (χ3n) is 3.67. The van der Waals surface area contributed by atoms with E-state index < -0.39 is 74.3 Å². The number of rotatable bonds is 9. The first kappa shape index (κ1) is 24.0. The smallest absolute Gasteiger partial charge is 0.428 e. The maximum Gasteiger partial charge on any atom is 0.536 e. The lowest BCUT2D eigenvalue weighted by Crippen LogP contribution is -2.32. The van der Waals surface area contributed by atoms with Crippen LogP contribution in [-0.4, -0.2) is 71.6 Å². The molecule has 2 rings (SSSR count). The maximum absolute atomic E-state index is 11.5. The van der Waals surface area contributed by atoms with E-state index in [0.29, 0.717) is 0 Å². The van der Waals surface area contributed by atoms with Gasteiger partial charge in [-0.1, -0.05) is 10.1 Å². The lowest BCUT2D eigenvalue weighted by molar-refractivity contribution is -0.183. The van der Waals surface area contributed by atoms with Crippen molar-refractivity contribution in [2.45, 2.75) is 38.5 Å². The van der Waals surface area contributed by atoms with Gasteiger partial charge in [0.1, 0.15) is 0 Å². The summed E-state index contributed by atoms with van der Waals surface area (Å²) in [7, 11) is 0. The van der Waals surface area contributed by atoms with Crippen molar-refractivity contribution in [1.29, 1.82) is 0 Å². The Morgan fingerprint density at radius 3 is 1.19 bits per heavy atom. The number of ether oxygens (including phenoxy) is 4. The highest BCUT2D eigenvalue weighted by Crippen LogP contribution is 2.13. The van der Waals surface area contributed by atoms with Crippen molar-refractivity contribution in [3.05, 3.63) is 0 Å². The Kier molecular flexibility index (Phi) is 8.44. The van der Waals surface area contributed by atoms with Gasteiger partial charge in [0.25, 0.3) is 23.6 Å². The molecule has 0 aromatic carbocycles. The number of carbonyl (C=O) groups is 8. The molecule has 2 fully saturated rings. The fourth-order valence-corrected chi connectivity index (χ4v) is 2.15. The SMILES string of the molecule is O=C(CCC(=O)OCOC(=O)ON1C(=O)CCC1=O)OCOC(=O)ON1C(=O)CCC1=O. The van der Waals surface area contributed by atoms with Crippen LogP contribution in [0.2, 0.25) is 0 Å². The second-order valence-corrected chi connectivity index (χ2v) is 5.90. The Balaban J connectivity index is 1.52. The summed E-state index contributed by atoms with van der Waals surface area (Å²) in [6.07, 6.45) is -4.35. The van der Waals surface area contributed by atoms with Crippen molar-refractivity contribution in [3.8, 4) is 0 Å². The van der Waals surface area contributed by atoms with E-state index in [1.807, 2.05) is 0 Å². The van der Waals surface area contributed by atoms with Crippen molar-refractivity contribution in [3.63, 3.8) is 0 Å². The van der Waals surface area contributed by atoms with E-state index >= 15 is 0 Å². The van der Waals surface area contributed by atoms with Gasteiger partial charge in [0.15, 0.2) is 0 Å². The average molecular weight is 460 g/mol. The standard InChI is InChI=1S/C16H16N2O14/c19-9-1-2-10(20)17(9)31-15(25)29-7-27-13(23)5-6-14(24)28-8-30-16(26)32-18-11(21)3-4-12(18)22/h1-8H2. The second-order valence-electron chi connectivity index (χ2n) is 5.90. The number of nitrogens with zero attached hydrogens (tertiary/aromatic N) is 2. The van der Waals surface area contributed by atoms with Gasteiger partial charge in [0, 0.05) is 25.7 Å². The number of imide groups is 2. The van der Waals surface area contributed by atoms with Crippen LogP contribution >= 0.6 is 0 Å². The van der Waals surface area contributed by atoms with E-state index in [1.54, 1.807) is 0 Å². The van der Waals surface area contributed by atoms with Crippen LogP contribution in [0.15, 0.2) is 0 Å². The lowest BCUT2D eigenvalue weighted by atomic mass is 10.3. The molecule has 0 saturated carbocycles. The van der Waals surface area contributed by atoms with E-state index in [1.165, 1.54) is 0 Å². The Hall–Kier alpha value is -4.24. The molecular formula is C16H16N2O14. The first-order valence-corrected chi connectivity index (χ1v) is 8.89. The molecule has 0 unspecified atom stereocenters. The van der Waals surface area contributed by atoms with Crippen LogP contribution in [0.25, 0.3) is 0 Å². The van der Waals surface area contributed by atoms with E-state index in [4.69, 9.17) is 0 Å². The fourth-order valence-electron chi connectivity index (χ4n) is 2.15. The topological polar surface area (TPSA) is 198 Å². The van der Waals surface area contributed by atoms with E-state index in [0.717, 1.165) is 0 Å². The van der Waals surface area contributed by atoms with Gasteiger partial charge in [-0.25, -0.2) is 9.59 Å². The molecular weight excluding hydrogens is 444 g/mol. The molecule has 2 saturated heterocycles. The summed E-state index contributed by atoms with van der Waals surface area (Å²) in [5.74, 6) is -4.85. The molecule has 32 heavy (non-hydrogen) atoms. The van der Waals surface area contributed by atoms with Gasteiger partial charge in [-0.05, 0) is 0 Å². The van der Waals surface area contributed by atoms with E-state index in [9.17, 15) is 38.4 Å². The second kappa shape index (κ2) is 11.2. The Morgan fingerprint density at radius 2 is 0.875 bits per heavy atom. The predicted molar refractivity (Wildman–Crippen MR) is 88.5 cm³/mol. The summed E-state index contributed by atoms with van der Waals surface area (Å²) >= 11 is 0. The van der Waals surface area contributed by atoms with Crippen LogP contribution in [-0.2, 0) is 57.4 Å². The van der Waals surface area contributed by atoms with Crippen LogP contribution in [0, 0.1) is 0 Å². The zero-order valence-corrected chi connectivity index (χ0v) is 16.3. The maximum atomic E-state index is 11.5. The van der Waals surface area contributed by atoms with Crippen LogP contribution in [0.4, 0.5) is 9.59 Å². The minimum Gasteiger partial charge on any atom is -0.428 e. The summed E-state index contributed by atoms with van der Waals surface area (Å²) in [6.45, 7) is -1.82. The van der Waals surface area contributed by atoms with Crippen LogP contribution in [0.1, 0.15) is 38.5 Å². The number of amides is 4. The van der Waals surface area contributed by atoms with Crippen molar-refractivity contribution in [1.82, 2.24) is 10.1 Å².